The van der Waals surface area contributed by atoms with Gasteiger partial charge < -0.3 is 19.7 Å². The zero-order valence-corrected chi connectivity index (χ0v) is 17.0. The highest BCUT2D eigenvalue weighted by atomic mass is 32.2. The van der Waals surface area contributed by atoms with Gasteiger partial charge in [-0.05, 0) is 43.9 Å². The molecule has 0 bridgehead atoms. The monoisotopic (exact) mass is 413 g/mol. The van der Waals surface area contributed by atoms with Crippen LogP contribution in [0.4, 0.5) is 0 Å². The minimum atomic E-state index is -3.85. The van der Waals surface area contributed by atoms with Crippen LogP contribution >= 0.6 is 0 Å². The fraction of sp³-hybridized carbons (Fsp3) is 0.632. The molecule has 0 aliphatic carbocycles. The number of piperidine rings is 1. The van der Waals surface area contributed by atoms with Gasteiger partial charge >= 0.3 is 5.97 Å². The predicted octanol–water partition coefficient (Wildman–Crippen LogP) is 1.41. The van der Waals surface area contributed by atoms with Crippen molar-refractivity contribution in [3.05, 3.63) is 23.8 Å². The molecule has 1 aromatic rings. The van der Waals surface area contributed by atoms with E-state index in [2.05, 4.69) is 0 Å². The summed E-state index contributed by atoms with van der Waals surface area (Å²) in [6.45, 7) is 2.79. The van der Waals surface area contributed by atoms with Gasteiger partial charge in [-0.1, -0.05) is 6.07 Å². The third kappa shape index (κ3) is 4.32. The van der Waals surface area contributed by atoms with Crippen molar-refractivity contribution in [3.8, 4) is 5.75 Å². The van der Waals surface area contributed by atoms with E-state index >= 15 is 0 Å². The molecule has 2 saturated heterocycles. The zero-order chi connectivity index (χ0) is 20.6. The molecule has 0 radical (unpaired) electrons. The molecule has 156 valence electrons. The molecule has 2 aliphatic rings. The summed E-state index contributed by atoms with van der Waals surface area (Å²) in [6, 6.07) is 4.40. The maximum absolute atomic E-state index is 13.2. The number of hydrogen-bond donors (Lipinski definition) is 2. The highest BCUT2D eigenvalue weighted by Crippen LogP contribution is 2.41. The number of rotatable bonds is 5. The van der Waals surface area contributed by atoms with Crippen LogP contribution in [-0.2, 0) is 26.0 Å². The van der Waals surface area contributed by atoms with Crippen LogP contribution in [0.2, 0.25) is 0 Å². The molecule has 0 saturated carbocycles. The molecule has 1 aromatic carbocycles. The number of aliphatic carboxylic acids is 1. The molecule has 8 nitrogen and oxygen atoms in total. The van der Waals surface area contributed by atoms with E-state index in [-0.39, 0.29) is 30.2 Å². The number of nitrogens with zero attached hydrogens (tertiary/aromatic N) is 1. The van der Waals surface area contributed by atoms with Crippen molar-refractivity contribution in [2.75, 3.05) is 26.8 Å². The fourth-order valence-corrected chi connectivity index (χ4v) is 5.77. The molecular weight excluding hydrogens is 386 g/mol. The van der Waals surface area contributed by atoms with Crippen LogP contribution < -0.4 is 4.74 Å². The SMILES string of the molecule is COc1ccc(CC(=O)O)cc1S(=O)(=O)N1CCC2(CC1)CC(C)(O)CCO2. The van der Waals surface area contributed by atoms with Crippen LogP contribution in [0.5, 0.6) is 5.75 Å². The number of hydrogen-bond acceptors (Lipinski definition) is 6. The summed E-state index contributed by atoms with van der Waals surface area (Å²) in [4.78, 5) is 11.0. The third-order valence-corrected chi connectivity index (χ3v) is 7.51. The smallest absolute Gasteiger partial charge is 0.307 e. The predicted molar refractivity (Wildman–Crippen MR) is 101 cm³/mol. The number of carbonyl (C=O) groups is 1. The largest absolute Gasteiger partial charge is 0.495 e. The molecule has 28 heavy (non-hydrogen) atoms. The Morgan fingerprint density at radius 1 is 1.29 bits per heavy atom. The van der Waals surface area contributed by atoms with E-state index in [9.17, 15) is 18.3 Å². The van der Waals surface area contributed by atoms with Crippen molar-refractivity contribution in [1.82, 2.24) is 4.31 Å². The Balaban J connectivity index is 1.81. The second-order valence-corrected chi connectivity index (χ2v) is 9.82. The Hall–Kier alpha value is -1.68. The minimum absolute atomic E-state index is 0.0266. The first-order valence-corrected chi connectivity index (χ1v) is 10.8. The normalized spacial score (nSPS) is 25.5. The van der Waals surface area contributed by atoms with Crippen LogP contribution in [0.3, 0.4) is 0 Å². The highest BCUT2D eigenvalue weighted by Gasteiger charge is 2.46. The molecule has 0 amide bonds. The van der Waals surface area contributed by atoms with Crippen molar-refractivity contribution < 1.29 is 32.9 Å². The van der Waals surface area contributed by atoms with Gasteiger partial charge in [-0.3, -0.25) is 4.79 Å². The van der Waals surface area contributed by atoms with Gasteiger partial charge in [0.1, 0.15) is 10.6 Å². The van der Waals surface area contributed by atoms with Crippen LogP contribution in [0, 0.1) is 0 Å². The lowest BCUT2D eigenvalue weighted by atomic mass is 9.78. The van der Waals surface area contributed by atoms with Gasteiger partial charge in [-0.15, -0.1) is 0 Å². The number of carboxylic acid groups (broad SMARTS) is 1. The summed E-state index contributed by atoms with van der Waals surface area (Å²) in [5, 5.41) is 19.4. The van der Waals surface area contributed by atoms with Crippen molar-refractivity contribution in [2.24, 2.45) is 0 Å². The second-order valence-electron chi connectivity index (χ2n) is 7.92. The average molecular weight is 413 g/mol. The van der Waals surface area contributed by atoms with Gasteiger partial charge in [0.15, 0.2) is 0 Å². The van der Waals surface area contributed by atoms with Crippen molar-refractivity contribution in [1.29, 1.82) is 0 Å². The van der Waals surface area contributed by atoms with E-state index in [1.54, 1.807) is 13.0 Å². The van der Waals surface area contributed by atoms with Gasteiger partial charge in [0, 0.05) is 19.5 Å². The second kappa shape index (κ2) is 7.62. The molecule has 2 N–H and O–H groups in total. The van der Waals surface area contributed by atoms with E-state index in [4.69, 9.17) is 14.6 Å². The number of aliphatic hydroxyl groups is 1. The Bertz CT molecular complexity index is 842. The summed E-state index contributed by atoms with van der Waals surface area (Å²) in [5.74, 6) is -0.846. The fourth-order valence-electron chi connectivity index (χ4n) is 4.12. The summed E-state index contributed by atoms with van der Waals surface area (Å²) in [5.41, 5.74) is -0.900. The zero-order valence-electron chi connectivity index (χ0n) is 16.2. The minimum Gasteiger partial charge on any atom is -0.495 e. The van der Waals surface area contributed by atoms with Crippen LogP contribution in [0.25, 0.3) is 0 Å². The van der Waals surface area contributed by atoms with Gasteiger partial charge in [-0.25, -0.2) is 8.42 Å². The molecule has 2 aliphatic heterocycles. The van der Waals surface area contributed by atoms with Crippen molar-refractivity contribution in [2.45, 2.75) is 55.1 Å². The lowest BCUT2D eigenvalue weighted by Crippen LogP contribution is -2.54. The number of ether oxygens (including phenoxy) is 2. The number of carboxylic acids is 1. The number of sulfonamides is 1. The number of benzene rings is 1. The van der Waals surface area contributed by atoms with E-state index in [1.807, 2.05) is 0 Å². The molecule has 3 rings (SSSR count). The van der Waals surface area contributed by atoms with Gasteiger partial charge in [0.2, 0.25) is 10.0 Å². The molecule has 1 atom stereocenters. The molecule has 0 aromatic heterocycles. The lowest BCUT2D eigenvalue weighted by Gasteiger charge is -2.47. The Morgan fingerprint density at radius 2 is 1.96 bits per heavy atom. The quantitative estimate of drug-likeness (QED) is 0.750. The summed E-state index contributed by atoms with van der Waals surface area (Å²) >= 11 is 0. The average Bonchev–Trinajstić information content (AvgIpc) is 2.60. The van der Waals surface area contributed by atoms with Crippen LogP contribution in [0.15, 0.2) is 23.1 Å². The van der Waals surface area contributed by atoms with E-state index in [0.29, 0.717) is 37.9 Å². The Kier molecular flexibility index (Phi) is 5.73. The molecule has 9 heteroatoms. The highest BCUT2D eigenvalue weighted by molar-refractivity contribution is 7.89. The molecule has 2 fully saturated rings. The molecule has 2 heterocycles. The first-order valence-electron chi connectivity index (χ1n) is 9.32. The molecule has 1 spiro atoms. The maximum Gasteiger partial charge on any atom is 0.307 e. The summed E-state index contributed by atoms with van der Waals surface area (Å²) in [6.07, 6.45) is 1.80. The van der Waals surface area contributed by atoms with Crippen molar-refractivity contribution >= 4 is 16.0 Å². The Labute approximate surface area is 165 Å². The van der Waals surface area contributed by atoms with Gasteiger partial charge in [0.05, 0.1) is 31.3 Å². The summed E-state index contributed by atoms with van der Waals surface area (Å²) in [7, 11) is -2.47. The van der Waals surface area contributed by atoms with Crippen LogP contribution in [0.1, 0.15) is 38.2 Å². The van der Waals surface area contributed by atoms with E-state index in [1.165, 1.54) is 23.5 Å². The topological polar surface area (TPSA) is 113 Å². The van der Waals surface area contributed by atoms with E-state index < -0.39 is 27.2 Å². The standard InChI is InChI=1S/C19H27NO7S/c1-18(23)7-10-27-19(13-18)5-8-20(9-6-19)28(24,25)16-11-14(12-17(21)22)3-4-15(16)26-2/h3-4,11,23H,5-10,12-13H2,1-2H3,(H,21,22). The summed E-state index contributed by atoms with van der Waals surface area (Å²) < 4.78 is 39.0. The van der Waals surface area contributed by atoms with E-state index in [0.717, 1.165) is 0 Å². The third-order valence-electron chi connectivity index (χ3n) is 5.59. The molecule has 1 unspecified atom stereocenters. The number of methoxy groups -OCH3 is 1. The van der Waals surface area contributed by atoms with Gasteiger partial charge in [0.25, 0.3) is 0 Å². The first-order chi connectivity index (χ1) is 13.1. The van der Waals surface area contributed by atoms with Gasteiger partial charge in [-0.2, -0.15) is 4.31 Å². The van der Waals surface area contributed by atoms with Crippen LogP contribution in [-0.4, -0.2) is 66.9 Å². The lowest BCUT2D eigenvalue weighted by molar-refractivity contribution is -0.168. The Morgan fingerprint density at radius 3 is 2.54 bits per heavy atom. The first kappa shape index (κ1) is 21.0. The maximum atomic E-state index is 13.2. The molecular formula is C19H27NO7S. The van der Waals surface area contributed by atoms with Crippen molar-refractivity contribution in [3.63, 3.8) is 0 Å².